The second-order valence-electron chi connectivity index (χ2n) is 4.75. The number of aromatic nitrogens is 2. The van der Waals surface area contributed by atoms with E-state index in [4.69, 9.17) is 0 Å². The standard InChI is InChI=1S/C16H14N2O2/c1-11-6-5-9-18-13(10-12-7-3-2-4-8-12)17-14(15(11)18)16(19)20/h2-9H,10H2,1H3,(H,19,20). The van der Waals surface area contributed by atoms with Crippen LogP contribution < -0.4 is 0 Å². The number of fused-ring (bicyclic) bond motifs is 1. The van der Waals surface area contributed by atoms with Crippen LogP contribution in [0.1, 0.15) is 27.4 Å². The second-order valence-corrected chi connectivity index (χ2v) is 4.75. The number of aromatic carboxylic acids is 1. The van der Waals surface area contributed by atoms with Crippen LogP contribution in [0.3, 0.4) is 0 Å². The van der Waals surface area contributed by atoms with Gasteiger partial charge in [-0.25, -0.2) is 9.78 Å². The van der Waals surface area contributed by atoms with Crippen LogP contribution in [0.2, 0.25) is 0 Å². The molecular weight excluding hydrogens is 252 g/mol. The first-order valence-corrected chi connectivity index (χ1v) is 6.40. The minimum Gasteiger partial charge on any atom is -0.476 e. The van der Waals surface area contributed by atoms with E-state index in [9.17, 15) is 9.90 Å². The molecule has 0 amide bonds. The fraction of sp³-hybridized carbons (Fsp3) is 0.125. The lowest BCUT2D eigenvalue weighted by molar-refractivity contribution is 0.0693. The highest BCUT2D eigenvalue weighted by Crippen LogP contribution is 2.19. The van der Waals surface area contributed by atoms with Crippen molar-refractivity contribution in [3.63, 3.8) is 0 Å². The zero-order valence-corrected chi connectivity index (χ0v) is 11.1. The van der Waals surface area contributed by atoms with E-state index in [0.29, 0.717) is 11.9 Å². The summed E-state index contributed by atoms with van der Waals surface area (Å²) in [6, 6.07) is 13.7. The third-order valence-electron chi connectivity index (χ3n) is 3.35. The van der Waals surface area contributed by atoms with Gasteiger partial charge in [-0.05, 0) is 24.1 Å². The fourth-order valence-corrected chi connectivity index (χ4v) is 2.42. The molecule has 0 radical (unpaired) electrons. The Morgan fingerprint density at radius 2 is 1.95 bits per heavy atom. The lowest BCUT2D eigenvalue weighted by atomic mass is 10.1. The van der Waals surface area contributed by atoms with E-state index in [2.05, 4.69) is 4.98 Å². The molecule has 1 aromatic carbocycles. The first kappa shape index (κ1) is 12.4. The highest BCUT2D eigenvalue weighted by atomic mass is 16.4. The van der Waals surface area contributed by atoms with Crippen molar-refractivity contribution >= 4 is 11.5 Å². The Morgan fingerprint density at radius 1 is 1.20 bits per heavy atom. The highest BCUT2D eigenvalue weighted by molar-refractivity contribution is 5.94. The van der Waals surface area contributed by atoms with Gasteiger partial charge in [0.15, 0.2) is 5.69 Å². The summed E-state index contributed by atoms with van der Waals surface area (Å²) in [5.74, 6) is -0.247. The van der Waals surface area contributed by atoms with Crippen LogP contribution in [-0.4, -0.2) is 20.5 Å². The zero-order valence-electron chi connectivity index (χ0n) is 11.1. The van der Waals surface area contributed by atoms with Crippen LogP contribution >= 0.6 is 0 Å². The number of hydrogen-bond acceptors (Lipinski definition) is 2. The third kappa shape index (κ3) is 2.05. The number of rotatable bonds is 3. The van der Waals surface area contributed by atoms with Crippen molar-refractivity contribution in [3.05, 3.63) is 71.3 Å². The van der Waals surface area contributed by atoms with Crippen LogP contribution in [-0.2, 0) is 6.42 Å². The van der Waals surface area contributed by atoms with Crippen molar-refractivity contribution in [2.24, 2.45) is 0 Å². The van der Waals surface area contributed by atoms with Gasteiger partial charge in [0.05, 0.1) is 5.52 Å². The van der Waals surface area contributed by atoms with Gasteiger partial charge < -0.3 is 9.51 Å². The van der Waals surface area contributed by atoms with Gasteiger partial charge in [-0.15, -0.1) is 0 Å². The van der Waals surface area contributed by atoms with Crippen molar-refractivity contribution in [1.29, 1.82) is 0 Å². The number of aryl methyl sites for hydroxylation is 1. The summed E-state index contributed by atoms with van der Waals surface area (Å²) in [5.41, 5.74) is 2.81. The maximum Gasteiger partial charge on any atom is 0.356 e. The number of pyridine rings is 1. The van der Waals surface area contributed by atoms with E-state index in [0.717, 1.165) is 17.0 Å². The molecule has 4 heteroatoms. The number of hydrogen-bond donors (Lipinski definition) is 1. The molecule has 0 atom stereocenters. The summed E-state index contributed by atoms with van der Waals surface area (Å²) in [5, 5.41) is 9.31. The Bertz CT molecular complexity index is 776. The van der Waals surface area contributed by atoms with Crippen molar-refractivity contribution in [3.8, 4) is 0 Å². The van der Waals surface area contributed by atoms with E-state index in [1.807, 2.05) is 60.0 Å². The second kappa shape index (κ2) is 4.81. The maximum absolute atomic E-state index is 11.4. The molecule has 3 aromatic rings. The Kier molecular flexibility index (Phi) is 2.99. The molecule has 0 spiro atoms. The number of nitrogens with zero attached hydrogens (tertiary/aromatic N) is 2. The van der Waals surface area contributed by atoms with Crippen molar-refractivity contribution in [2.75, 3.05) is 0 Å². The molecule has 0 fully saturated rings. The van der Waals surface area contributed by atoms with Crippen molar-refractivity contribution in [2.45, 2.75) is 13.3 Å². The minimum atomic E-state index is -0.990. The van der Waals surface area contributed by atoms with E-state index < -0.39 is 5.97 Å². The number of benzene rings is 1. The molecule has 2 heterocycles. The van der Waals surface area contributed by atoms with Gasteiger partial charge in [0.25, 0.3) is 0 Å². The van der Waals surface area contributed by atoms with Gasteiger partial charge in [0.1, 0.15) is 5.82 Å². The smallest absolute Gasteiger partial charge is 0.356 e. The van der Waals surface area contributed by atoms with Gasteiger partial charge in [0, 0.05) is 12.6 Å². The Morgan fingerprint density at radius 3 is 2.65 bits per heavy atom. The predicted octanol–water partition coefficient (Wildman–Crippen LogP) is 2.93. The summed E-state index contributed by atoms with van der Waals surface area (Å²) in [7, 11) is 0. The predicted molar refractivity (Wildman–Crippen MR) is 76.1 cm³/mol. The number of carboxylic acid groups (broad SMARTS) is 1. The zero-order chi connectivity index (χ0) is 14.1. The molecule has 0 bridgehead atoms. The molecular formula is C16H14N2O2. The van der Waals surface area contributed by atoms with Crippen LogP contribution in [0, 0.1) is 6.92 Å². The van der Waals surface area contributed by atoms with Crippen molar-refractivity contribution < 1.29 is 9.90 Å². The Balaban J connectivity index is 2.17. The molecule has 1 N–H and O–H groups in total. The average molecular weight is 266 g/mol. The number of carbonyl (C=O) groups is 1. The molecule has 0 saturated carbocycles. The molecule has 3 rings (SSSR count). The van der Waals surface area contributed by atoms with Crippen LogP contribution in [0.4, 0.5) is 0 Å². The summed E-state index contributed by atoms with van der Waals surface area (Å²) < 4.78 is 1.87. The Labute approximate surface area is 116 Å². The molecule has 0 saturated heterocycles. The van der Waals surface area contributed by atoms with E-state index in [1.165, 1.54) is 0 Å². The van der Waals surface area contributed by atoms with Crippen LogP contribution in [0.5, 0.6) is 0 Å². The van der Waals surface area contributed by atoms with E-state index in [1.54, 1.807) is 0 Å². The van der Waals surface area contributed by atoms with Gasteiger partial charge in [-0.1, -0.05) is 36.4 Å². The minimum absolute atomic E-state index is 0.119. The summed E-state index contributed by atoms with van der Waals surface area (Å²) in [4.78, 5) is 15.7. The van der Waals surface area contributed by atoms with Gasteiger partial charge in [-0.3, -0.25) is 0 Å². The normalized spacial score (nSPS) is 10.8. The molecule has 0 aliphatic carbocycles. The molecule has 0 aliphatic rings. The topological polar surface area (TPSA) is 54.6 Å². The monoisotopic (exact) mass is 266 g/mol. The lowest BCUT2D eigenvalue weighted by Crippen LogP contribution is -1.98. The fourth-order valence-electron chi connectivity index (χ4n) is 2.42. The number of imidazole rings is 1. The quantitative estimate of drug-likeness (QED) is 0.793. The highest BCUT2D eigenvalue weighted by Gasteiger charge is 2.18. The number of carboxylic acids is 1. The van der Waals surface area contributed by atoms with E-state index >= 15 is 0 Å². The largest absolute Gasteiger partial charge is 0.476 e. The van der Waals surface area contributed by atoms with Gasteiger partial charge in [-0.2, -0.15) is 0 Å². The molecule has 100 valence electrons. The summed E-state index contributed by atoms with van der Waals surface area (Å²) in [6.07, 6.45) is 2.47. The first-order valence-electron chi connectivity index (χ1n) is 6.40. The maximum atomic E-state index is 11.4. The molecule has 0 unspecified atom stereocenters. The van der Waals surface area contributed by atoms with Gasteiger partial charge >= 0.3 is 5.97 Å². The molecule has 20 heavy (non-hydrogen) atoms. The SMILES string of the molecule is Cc1cccn2c(Cc3ccccc3)nc(C(=O)O)c12. The Hall–Kier alpha value is -2.62. The van der Waals surface area contributed by atoms with Crippen LogP contribution in [0.25, 0.3) is 5.52 Å². The summed E-state index contributed by atoms with van der Waals surface area (Å²) in [6.45, 7) is 1.90. The third-order valence-corrected chi connectivity index (χ3v) is 3.35. The first-order chi connectivity index (χ1) is 9.66. The van der Waals surface area contributed by atoms with Crippen LogP contribution in [0.15, 0.2) is 48.7 Å². The lowest BCUT2D eigenvalue weighted by Gasteiger charge is -2.03. The van der Waals surface area contributed by atoms with Crippen molar-refractivity contribution in [1.82, 2.24) is 9.38 Å². The van der Waals surface area contributed by atoms with E-state index in [-0.39, 0.29) is 5.69 Å². The van der Waals surface area contributed by atoms with Gasteiger partial charge in [0.2, 0.25) is 0 Å². The molecule has 0 aliphatic heterocycles. The summed E-state index contributed by atoms with van der Waals surface area (Å²) >= 11 is 0. The average Bonchev–Trinajstić information content (AvgIpc) is 2.81. The molecule has 4 nitrogen and oxygen atoms in total. The molecule has 2 aromatic heterocycles.